The minimum absolute atomic E-state index is 0.107. The van der Waals surface area contributed by atoms with Crippen LogP contribution in [0.4, 0.5) is 0 Å². The lowest BCUT2D eigenvalue weighted by Gasteiger charge is -2.31. The molecular weight excluding hydrogens is 242 g/mol. The molecule has 1 heterocycles. The fourth-order valence-electron chi connectivity index (χ4n) is 2.59. The number of amides is 1. The Morgan fingerprint density at radius 3 is 2.53 bits per heavy atom. The molecule has 1 amide bonds. The topological polar surface area (TPSA) is 44.8 Å². The van der Waals surface area contributed by atoms with E-state index in [0.29, 0.717) is 0 Å². The summed E-state index contributed by atoms with van der Waals surface area (Å²) in [4.78, 5) is 16.2. The third kappa shape index (κ3) is 5.89. The van der Waals surface area contributed by atoms with Gasteiger partial charge < -0.3 is 19.9 Å². The summed E-state index contributed by atoms with van der Waals surface area (Å²) in [5.74, 6) is 0.107. The number of rotatable bonds is 7. The number of hydrogen-bond donors (Lipinski definition) is 1. The molecule has 112 valence electrons. The van der Waals surface area contributed by atoms with Gasteiger partial charge in [0.2, 0.25) is 5.91 Å². The first-order valence-electron chi connectivity index (χ1n) is 7.31. The first-order valence-corrected chi connectivity index (χ1v) is 7.31. The highest BCUT2D eigenvalue weighted by atomic mass is 16.5. The number of carbonyl (C=O) groups is 1. The standard InChI is InChI=1S/C14H29N3O2/c1-5-17(12(2)10-16(3)4)14(18)11-19-13-6-8-15-9-7-13/h12-13,15H,5-11H2,1-4H3. The molecule has 5 heteroatoms. The number of piperidine rings is 1. The Balaban J connectivity index is 2.35. The van der Waals surface area contributed by atoms with Gasteiger partial charge in [0, 0.05) is 19.1 Å². The second-order valence-electron chi connectivity index (χ2n) is 5.55. The van der Waals surface area contributed by atoms with Crippen molar-refractivity contribution in [1.82, 2.24) is 15.1 Å². The summed E-state index contributed by atoms with van der Waals surface area (Å²) in [7, 11) is 4.06. The third-order valence-corrected chi connectivity index (χ3v) is 3.55. The zero-order valence-corrected chi connectivity index (χ0v) is 12.8. The zero-order valence-electron chi connectivity index (χ0n) is 12.8. The molecule has 0 aromatic rings. The molecule has 0 aliphatic carbocycles. The van der Waals surface area contributed by atoms with Crippen LogP contribution in [0.15, 0.2) is 0 Å². The summed E-state index contributed by atoms with van der Waals surface area (Å²) in [6.07, 6.45) is 2.26. The SMILES string of the molecule is CCN(C(=O)COC1CCNCC1)C(C)CN(C)C. The summed E-state index contributed by atoms with van der Waals surface area (Å²) in [6.45, 7) is 7.94. The molecule has 0 aromatic heterocycles. The highest BCUT2D eigenvalue weighted by Crippen LogP contribution is 2.08. The van der Waals surface area contributed by atoms with E-state index in [9.17, 15) is 4.79 Å². The van der Waals surface area contributed by atoms with Crippen molar-refractivity contribution in [3.8, 4) is 0 Å². The molecule has 1 aliphatic rings. The predicted molar refractivity (Wildman–Crippen MR) is 77.2 cm³/mol. The second-order valence-corrected chi connectivity index (χ2v) is 5.55. The summed E-state index contributed by atoms with van der Waals surface area (Å²) in [6, 6.07) is 0.226. The van der Waals surface area contributed by atoms with Crippen LogP contribution in [0.25, 0.3) is 0 Å². The van der Waals surface area contributed by atoms with Crippen molar-refractivity contribution in [2.45, 2.75) is 38.8 Å². The fourth-order valence-corrected chi connectivity index (χ4v) is 2.59. The van der Waals surface area contributed by atoms with E-state index in [1.54, 1.807) is 0 Å². The van der Waals surface area contributed by atoms with Crippen LogP contribution in [-0.4, -0.2) is 74.7 Å². The Labute approximate surface area is 117 Å². The molecule has 1 aliphatic heterocycles. The largest absolute Gasteiger partial charge is 0.368 e. The molecule has 1 fully saturated rings. The highest BCUT2D eigenvalue weighted by Gasteiger charge is 2.21. The molecule has 19 heavy (non-hydrogen) atoms. The van der Waals surface area contributed by atoms with Gasteiger partial charge in [-0.1, -0.05) is 0 Å². The third-order valence-electron chi connectivity index (χ3n) is 3.55. The van der Waals surface area contributed by atoms with Gasteiger partial charge in [-0.2, -0.15) is 0 Å². The Hall–Kier alpha value is -0.650. The van der Waals surface area contributed by atoms with Gasteiger partial charge in [0.05, 0.1) is 6.10 Å². The van der Waals surface area contributed by atoms with Gasteiger partial charge in [-0.25, -0.2) is 0 Å². The van der Waals surface area contributed by atoms with Crippen LogP contribution < -0.4 is 5.32 Å². The minimum Gasteiger partial charge on any atom is -0.368 e. The van der Waals surface area contributed by atoms with Gasteiger partial charge in [-0.15, -0.1) is 0 Å². The minimum atomic E-state index is 0.107. The van der Waals surface area contributed by atoms with Gasteiger partial charge >= 0.3 is 0 Å². The lowest BCUT2D eigenvalue weighted by Crippen LogP contribution is -2.46. The number of nitrogens with zero attached hydrogens (tertiary/aromatic N) is 2. The van der Waals surface area contributed by atoms with Gasteiger partial charge in [-0.3, -0.25) is 4.79 Å². The van der Waals surface area contributed by atoms with E-state index in [0.717, 1.165) is 39.0 Å². The van der Waals surface area contributed by atoms with Crippen molar-refractivity contribution in [3.63, 3.8) is 0 Å². The maximum atomic E-state index is 12.2. The maximum Gasteiger partial charge on any atom is 0.248 e. The molecule has 1 rings (SSSR count). The number of hydrogen-bond acceptors (Lipinski definition) is 4. The second kappa shape index (κ2) is 8.51. The van der Waals surface area contributed by atoms with Crippen LogP contribution in [0, 0.1) is 0 Å². The summed E-state index contributed by atoms with van der Waals surface area (Å²) in [5, 5.41) is 3.30. The van der Waals surface area contributed by atoms with Gasteiger partial charge in [0.15, 0.2) is 0 Å². The molecular formula is C14H29N3O2. The van der Waals surface area contributed by atoms with Crippen molar-refractivity contribution in [1.29, 1.82) is 0 Å². The molecule has 1 N–H and O–H groups in total. The predicted octanol–water partition coefficient (Wildman–Crippen LogP) is 0.554. The summed E-state index contributed by atoms with van der Waals surface area (Å²) in [5.41, 5.74) is 0. The first-order chi connectivity index (χ1) is 9.04. The number of likely N-dealkylation sites (N-methyl/N-ethyl adjacent to an activating group) is 2. The maximum absolute atomic E-state index is 12.2. The van der Waals surface area contributed by atoms with Crippen molar-refractivity contribution >= 4 is 5.91 Å². The number of ether oxygens (including phenoxy) is 1. The lowest BCUT2D eigenvalue weighted by molar-refractivity contribution is -0.140. The Bertz CT molecular complexity index is 265. The van der Waals surface area contributed by atoms with Crippen LogP contribution in [-0.2, 0) is 9.53 Å². The van der Waals surface area contributed by atoms with E-state index in [1.165, 1.54) is 0 Å². The molecule has 5 nitrogen and oxygen atoms in total. The molecule has 0 saturated carbocycles. The summed E-state index contributed by atoms with van der Waals surface area (Å²) >= 11 is 0. The zero-order chi connectivity index (χ0) is 14.3. The average molecular weight is 271 g/mol. The van der Waals surface area contributed by atoms with E-state index in [4.69, 9.17) is 4.74 Å². The van der Waals surface area contributed by atoms with E-state index in [-0.39, 0.29) is 24.7 Å². The molecule has 0 bridgehead atoms. The quantitative estimate of drug-likeness (QED) is 0.735. The molecule has 1 atom stereocenters. The summed E-state index contributed by atoms with van der Waals surface area (Å²) < 4.78 is 5.74. The van der Waals surface area contributed by atoms with E-state index >= 15 is 0 Å². The van der Waals surface area contributed by atoms with Crippen LogP contribution in [0.2, 0.25) is 0 Å². The van der Waals surface area contributed by atoms with Crippen molar-refractivity contribution in [2.75, 3.05) is 46.9 Å². The lowest BCUT2D eigenvalue weighted by atomic mass is 10.1. The van der Waals surface area contributed by atoms with Crippen molar-refractivity contribution < 1.29 is 9.53 Å². The normalized spacial score (nSPS) is 18.6. The fraction of sp³-hybridized carbons (Fsp3) is 0.929. The molecule has 0 aromatic carbocycles. The molecule has 0 spiro atoms. The van der Waals surface area contributed by atoms with Gasteiger partial charge in [-0.05, 0) is 53.9 Å². The molecule has 1 unspecified atom stereocenters. The van der Waals surface area contributed by atoms with E-state index < -0.39 is 0 Å². The van der Waals surface area contributed by atoms with Crippen LogP contribution >= 0.6 is 0 Å². The Kier molecular flexibility index (Phi) is 7.34. The van der Waals surface area contributed by atoms with Gasteiger partial charge in [0.1, 0.15) is 6.61 Å². The Morgan fingerprint density at radius 1 is 1.37 bits per heavy atom. The van der Waals surface area contributed by atoms with E-state index in [2.05, 4.69) is 17.1 Å². The molecule has 1 saturated heterocycles. The number of carbonyl (C=O) groups excluding carboxylic acids is 1. The van der Waals surface area contributed by atoms with Crippen LogP contribution in [0.3, 0.4) is 0 Å². The number of nitrogens with one attached hydrogen (secondary N) is 1. The van der Waals surface area contributed by atoms with Crippen molar-refractivity contribution in [3.05, 3.63) is 0 Å². The van der Waals surface area contributed by atoms with Crippen LogP contribution in [0.5, 0.6) is 0 Å². The monoisotopic (exact) mass is 271 g/mol. The first kappa shape index (κ1) is 16.4. The average Bonchev–Trinajstić information content (AvgIpc) is 2.37. The van der Waals surface area contributed by atoms with Crippen LogP contribution in [0.1, 0.15) is 26.7 Å². The smallest absolute Gasteiger partial charge is 0.248 e. The van der Waals surface area contributed by atoms with E-state index in [1.807, 2.05) is 25.9 Å². The van der Waals surface area contributed by atoms with Gasteiger partial charge in [0.25, 0.3) is 0 Å². The highest BCUT2D eigenvalue weighted by molar-refractivity contribution is 5.77. The van der Waals surface area contributed by atoms with Crippen molar-refractivity contribution in [2.24, 2.45) is 0 Å². The molecule has 0 radical (unpaired) electrons. The Morgan fingerprint density at radius 2 is 2.00 bits per heavy atom.